The Morgan fingerprint density at radius 1 is 1.28 bits per heavy atom. The third-order valence-corrected chi connectivity index (χ3v) is 6.80. The molecule has 2 aromatic rings. The first-order valence-electron chi connectivity index (χ1n) is 10.1. The second-order valence-corrected chi connectivity index (χ2v) is 9.94. The highest BCUT2D eigenvalue weighted by atomic mass is 32.1. The lowest BCUT2D eigenvalue weighted by Gasteiger charge is -2.33. The van der Waals surface area contributed by atoms with Crippen LogP contribution in [0.5, 0.6) is 0 Å². The smallest absolute Gasteiger partial charge is 0.256 e. The minimum absolute atomic E-state index is 0.142. The number of hydrogen-bond acceptors (Lipinski definition) is 3. The molecule has 1 aromatic heterocycles. The first-order valence-corrected chi connectivity index (χ1v) is 10.9. The van der Waals surface area contributed by atoms with Crippen molar-refractivity contribution in [2.75, 3.05) is 11.9 Å². The molecule has 4 nitrogen and oxygen atoms in total. The molecule has 2 amide bonds. The van der Waals surface area contributed by atoms with Gasteiger partial charge in [-0.05, 0) is 55.2 Å². The van der Waals surface area contributed by atoms with Gasteiger partial charge in [0.1, 0.15) is 5.00 Å². The number of aryl methyl sites for hydroxylation is 1. The van der Waals surface area contributed by atoms with Crippen molar-refractivity contribution in [1.82, 2.24) is 5.32 Å². The third kappa shape index (κ3) is 4.78. The van der Waals surface area contributed by atoms with Crippen LogP contribution >= 0.6 is 11.3 Å². The number of anilines is 1. The van der Waals surface area contributed by atoms with E-state index in [1.165, 1.54) is 4.88 Å². The van der Waals surface area contributed by atoms with E-state index >= 15 is 0 Å². The van der Waals surface area contributed by atoms with Crippen LogP contribution in [0.1, 0.15) is 63.9 Å². The summed E-state index contributed by atoms with van der Waals surface area (Å²) in [6, 6.07) is 7.48. The van der Waals surface area contributed by atoms with Crippen LogP contribution in [-0.4, -0.2) is 18.4 Å². The maximum Gasteiger partial charge on any atom is 0.256 e. The molecule has 1 atom stereocenters. The van der Waals surface area contributed by atoms with Gasteiger partial charge in [0.05, 0.1) is 5.56 Å². The van der Waals surface area contributed by atoms with Crippen LogP contribution in [0, 0.1) is 18.3 Å². The predicted molar refractivity (Wildman–Crippen MR) is 121 cm³/mol. The van der Waals surface area contributed by atoms with Crippen molar-refractivity contribution in [3.8, 4) is 0 Å². The minimum atomic E-state index is -0.183. The standard InChI is InChI=1S/C24H30N2O2S/c1-6-12-25-22(28)20-18-11-10-17(24(3,4)5)14-19(18)29-23(20)26-21(27)16-9-7-8-15(2)13-16/h6-9,13,17H,1,10-12,14H2,2-5H3,(H,25,28)(H,26,27)/t17-/m1/s1. The van der Waals surface area contributed by atoms with Crippen molar-refractivity contribution in [2.24, 2.45) is 11.3 Å². The number of thiophene rings is 1. The second-order valence-electron chi connectivity index (χ2n) is 8.84. The number of amides is 2. The molecule has 0 saturated carbocycles. The summed E-state index contributed by atoms with van der Waals surface area (Å²) in [6.07, 6.45) is 4.54. The van der Waals surface area contributed by atoms with Crippen LogP contribution < -0.4 is 10.6 Å². The summed E-state index contributed by atoms with van der Waals surface area (Å²) in [7, 11) is 0. The Bertz CT molecular complexity index is 937. The zero-order chi connectivity index (χ0) is 21.2. The molecule has 2 N–H and O–H groups in total. The van der Waals surface area contributed by atoms with E-state index in [9.17, 15) is 9.59 Å². The van der Waals surface area contributed by atoms with E-state index in [2.05, 4.69) is 38.0 Å². The fourth-order valence-electron chi connectivity index (χ4n) is 3.87. The Kier molecular flexibility index (Phi) is 6.27. The van der Waals surface area contributed by atoms with Crippen molar-refractivity contribution in [3.05, 3.63) is 64.1 Å². The zero-order valence-electron chi connectivity index (χ0n) is 17.7. The number of rotatable bonds is 5. The topological polar surface area (TPSA) is 58.2 Å². The minimum Gasteiger partial charge on any atom is -0.348 e. The van der Waals surface area contributed by atoms with Crippen molar-refractivity contribution in [3.63, 3.8) is 0 Å². The Balaban J connectivity index is 1.95. The molecule has 3 rings (SSSR count). The first kappa shape index (κ1) is 21.3. The molecule has 1 aliphatic carbocycles. The number of fused-ring (bicyclic) bond motifs is 1. The van der Waals surface area contributed by atoms with E-state index in [1.807, 2.05) is 25.1 Å². The number of hydrogen-bond donors (Lipinski definition) is 2. The van der Waals surface area contributed by atoms with Crippen molar-refractivity contribution in [1.29, 1.82) is 0 Å². The summed E-state index contributed by atoms with van der Waals surface area (Å²) >= 11 is 1.55. The van der Waals surface area contributed by atoms with Crippen molar-refractivity contribution >= 4 is 28.2 Å². The summed E-state index contributed by atoms with van der Waals surface area (Å²) in [5.74, 6) is 0.242. The molecule has 5 heteroatoms. The molecule has 0 unspecified atom stereocenters. The highest BCUT2D eigenvalue weighted by molar-refractivity contribution is 7.17. The Labute approximate surface area is 177 Å². The summed E-state index contributed by atoms with van der Waals surface area (Å²) < 4.78 is 0. The van der Waals surface area contributed by atoms with Gasteiger partial charge < -0.3 is 10.6 Å². The summed E-state index contributed by atoms with van der Waals surface area (Å²) in [5.41, 5.74) is 3.57. The van der Waals surface area contributed by atoms with E-state index in [-0.39, 0.29) is 17.2 Å². The normalized spacial score (nSPS) is 16.1. The quantitative estimate of drug-likeness (QED) is 0.651. The summed E-state index contributed by atoms with van der Waals surface area (Å²) in [4.78, 5) is 27.0. The molecule has 0 fully saturated rings. The highest BCUT2D eigenvalue weighted by Crippen LogP contribution is 2.44. The fourth-order valence-corrected chi connectivity index (χ4v) is 5.19. The van der Waals surface area contributed by atoms with Crippen LogP contribution in [0.25, 0.3) is 0 Å². The summed E-state index contributed by atoms with van der Waals surface area (Å²) in [5, 5.41) is 6.55. The fraction of sp³-hybridized carbons (Fsp3) is 0.417. The largest absolute Gasteiger partial charge is 0.348 e. The van der Waals surface area contributed by atoms with Crippen molar-refractivity contribution < 1.29 is 9.59 Å². The van der Waals surface area contributed by atoms with Gasteiger partial charge in [-0.2, -0.15) is 0 Å². The molecule has 0 bridgehead atoms. The van der Waals surface area contributed by atoms with Crippen LogP contribution in [0.2, 0.25) is 0 Å². The maximum absolute atomic E-state index is 12.9. The monoisotopic (exact) mass is 410 g/mol. The van der Waals surface area contributed by atoms with Crippen LogP contribution in [-0.2, 0) is 12.8 Å². The van der Waals surface area contributed by atoms with E-state index in [0.29, 0.717) is 28.6 Å². The zero-order valence-corrected chi connectivity index (χ0v) is 18.5. The average Bonchev–Trinajstić information content (AvgIpc) is 3.02. The number of nitrogens with one attached hydrogen (secondary N) is 2. The SMILES string of the molecule is C=CCNC(=O)c1c(NC(=O)c2cccc(C)c2)sc2c1CC[C@@H](C(C)(C)C)C2. The van der Waals surface area contributed by atoms with Gasteiger partial charge in [-0.3, -0.25) is 9.59 Å². The van der Waals surface area contributed by atoms with E-state index in [4.69, 9.17) is 0 Å². The number of carbonyl (C=O) groups is 2. The van der Waals surface area contributed by atoms with Crippen molar-refractivity contribution in [2.45, 2.75) is 47.0 Å². The molecule has 0 saturated heterocycles. The van der Waals surface area contributed by atoms with Gasteiger partial charge in [0.25, 0.3) is 11.8 Å². The second kappa shape index (κ2) is 8.54. The van der Waals surface area contributed by atoms with Crippen LogP contribution in [0.15, 0.2) is 36.9 Å². The molecule has 1 aliphatic rings. The van der Waals surface area contributed by atoms with E-state index in [0.717, 1.165) is 30.4 Å². The molecule has 29 heavy (non-hydrogen) atoms. The van der Waals surface area contributed by atoms with Gasteiger partial charge in [-0.25, -0.2) is 0 Å². The molecule has 1 aromatic carbocycles. The average molecular weight is 411 g/mol. The molecule has 1 heterocycles. The Morgan fingerprint density at radius 3 is 2.69 bits per heavy atom. The van der Waals surface area contributed by atoms with Gasteiger partial charge >= 0.3 is 0 Å². The molecule has 0 spiro atoms. The number of benzene rings is 1. The molecular weight excluding hydrogens is 380 g/mol. The Morgan fingerprint density at radius 2 is 2.03 bits per heavy atom. The Hall–Kier alpha value is -2.40. The molecule has 0 aliphatic heterocycles. The number of carbonyl (C=O) groups excluding carboxylic acids is 2. The van der Waals surface area contributed by atoms with Gasteiger partial charge in [-0.1, -0.05) is 44.5 Å². The highest BCUT2D eigenvalue weighted by Gasteiger charge is 2.34. The van der Waals surface area contributed by atoms with Gasteiger partial charge in [-0.15, -0.1) is 17.9 Å². The third-order valence-electron chi connectivity index (χ3n) is 5.63. The predicted octanol–water partition coefficient (Wildman–Crippen LogP) is 5.38. The van der Waals surface area contributed by atoms with Gasteiger partial charge in [0, 0.05) is 17.0 Å². The molecular formula is C24H30N2O2S. The molecule has 0 radical (unpaired) electrons. The van der Waals surface area contributed by atoms with Gasteiger partial charge in [0.15, 0.2) is 0 Å². The van der Waals surface area contributed by atoms with Crippen LogP contribution in [0.3, 0.4) is 0 Å². The maximum atomic E-state index is 12.9. The lowest BCUT2D eigenvalue weighted by atomic mass is 9.72. The first-order chi connectivity index (χ1) is 13.7. The van der Waals surface area contributed by atoms with Crippen LogP contribution in [0.4, 0.5) is 5.00 Å². The lowest BCUT2D eigenvalue weighted by Crippen LogP contribution is -2.28. The van der Waals surface area contributed by atoms with E-state index < -0.39 is 0 Å². The lowest BCUT2D eigenvalue weighted by molar-refractivity contribution is 0.0957. The summed E-state index contributed by atoms with van der Waals surface area (Å²) in [6.45, 7) is 12.9. The molecule has 154 valence electrons. The van der Waals surface area contributed by atoms with Gasteiger partial charge in [0.2, 0.25) is 0 Å². The van der Waals surface area contributed by atoms with E-state index in [1.54, 1.807) is 23.5 Å².